The number of sulfonamides is 1. The monoisotopic (exact) mass is 274 g/mol. The van der Waals surface area contributed by atoms with Gasteiger partial charge in [-0.2, -0.15) is 9.40 Å². The highest BCUT2D eigenvalue weighted by molar-refractivity contribution is 7.89. The zero-order valence-electron chi connectivity index (χ0n) is 10.3. The largest absolute Gasteiger partial charge is 0.380 e. The van der Waals surface area contributed by atoms with Gasteiger partial charge >= 0.3 is 0 Å². The van der Waals surface area contributed by atoms with Gasteiger partial charge in [0.05, 0.1) is 18.8 Å². The lowest BCUT2D eigenvalue weighted by Gasteiger charge is -2.14. The van der Waals surface area contributed by atoms with Gasteiger partial charge in [0.1, 0.15) is 4.90 Å². The molecule has 1 saturated heterocycles. The van der Waals surface area contributed by atoms with Gasteiger partial charge in [0, 0.05) is 32.9 Å². The van der Waals surface area contributed by atoms with E-state index in [1.54, 1.807) is 7.11 Å². The van der Waals surface area contributed by atoms with Crippen LogP contribution in [0.4, 0.5) is 0 Å². The maximum absolute atomic E-state index is 12.3. The van der Waals surface area contributed by atoms with Gasteiger partial charge in [-0.3, -0.25) is 4.68 Å². The van der Waals surface area contributed by atoms with Crippen molar-refractivity contribution >= 4 is 10.0 Å². The minimum atomic E-state index is -3.45. The fourth-order valence-corrected chi connectivity index (χ4v) is 3.43. The molecule has 0 radical (unpaired) electrons. The van der Waals surface area contributed by atoms with Crippen molar-refractivity contribution in [1.29, 1.82) is 0 Å². The van der Waals surface area contributed by atoms with Crippen molar-refractivity contribution in [1.82, 2.24) is 14.1 Å². The second kappa shape index (κ2) is 5.35. The number of hydrogen-bond donors (Lipinski definition) is 1. The van der Waals surface area contributed by atoms with Gasteiger partial charge in [0.25, 0.3) is 0 Å². The number of ether oxygens (including phenoxy) is 1. The first-order chi connectivity index (χ1) is 8.57. The molecule has 0 aromatic carbocycles. The molecule has 1 atom stereocenters. The minimum absolute atomic E-state index is 0.0149. The summed E-state index contributed by atoms with van der Waals surface area (Å²) in [7, 11) is -1.85. The normalized spacial score (nSPS) is 21.6. The minimum Gasteiger partial charge on any atom is -0.380 e. The Morgan fingerprint density at radius 3 is 3.00 bits per heavy atom. The van der Waals surface area contributed by atoms with Crippen molar-refractivity contribution in [3.8, 4) is 0 Å². The summed E-state index contributed by atoms with van der Waals surface area (Å²) in [5, 5.41) is 3.98. The fourth-order valence-electron chi connectivity index (χ4n) is 1.99. The van der Waals surface area contributed by atoms with Crippen LogP contribution in [-0.2, 0) is 21.3 Å². The molecule has 2 heterocycles. The van der Waals surface area contributed by atoms with Crippen LogP contribution in [0.5, 0.6) is 0 Å². The Hall–Kier alpha value is -0.960. The second-order valence-electron chi connectivity index (χ2n) is 4.24. The summed E-state index contributed by atoms with van der Waals surface area (Å²) < 4.78 is 32.7. The molecule has 18 heavy (non-hydrogen) atoms. The number of methoxy groups -OCH3 is 1. The molecule has 102 valence electrons. The van der Waals surface area contributed by atoms with Gasteiger partial charge in [-0.1, -0.05) is 0 Å². The molecule has 1 fully saturated rings. The molecule has 0 spiro atoms. The maximum atomic E-state index is 12.3. The standard InChI is InChI=1S/C10H18N4O3S/c1-17-9-2-4-14(7-9)18(15,16)10-6-12-13(8-10)5-3-11/h6,8-9H,2-5,7,11H2,1H3. The molecule has 0 saturated carbocycles. The van der Waals surface area contributed by atoms with E-state index in [1.165, 1.54) is 21.4 Å². The average Bonchev–Trinajstić information content (AvgIpc) is 2.98. The Kier molecular flexibility index (Phi) is 4.00. The van der Waals surface area contributed by atoms with E-state index in [1.807, 2.05) is 0 Å². The molecule has 0 aliphatic carbocycles. The van der Waals surface area contributed by atoms with Crippen molar-refractivity contribution in [2.75, 3.05) is 26.7 Å². The average molecular weight is 274 g/mol. The van der Waals surface area contributed by atoms with Crippen LogP contribution in [-0.4, -0.2) is 55.4 Å². The summed E-state index contributed by atoms with van der Waals surface area (Å²) in [5.41, 5.74) is 5.40. The van der Waals surface area contributed by atoms with Crippen LogP contribution in [0.25, 0.3) is 0 Å². The quantitative estimate of drug-likeness (QED) is 0.763. The summed E-state index contributed by atoms with van der Waals surface area (Å²) >= 11 is 0. The van der Waals surface area contributed by atoms with Crippen molar-refractivity contribution in [3.05, 3.63) is 12.4 Å². The van der Waals surface area contributed by atoms with E-state index >= 15 is 0 Å². The van der Waals surface area contributed by atoms with Crippen LogP contribution in [0.1, 0.15) is 6.42 Å². The van der Waals surface area contributed by atoms with Gasteiger partial charge in [0.15, 0.2) is 0 Å². The van der Waals surface area contributed by atoms with Gasteiger partial charge in [-0.15, -0.1) is 0 Å². The van der Waals surface area contributed by atoms with Gasteiger partial charge < -0.3 is 10.5 Å². The van der Waals surface area contributed by atoms with Crippen LogP contribution in [0.2, 0.25) is 0 Å². The van der Waals surface area contributed by atoms with Crippen LogP contribution >= 0.6 is 0 Å². The molecule has 1 aromatic heterocycles. The van der Waals surface area contributed by atoms with Crippen molar-refractivity contribution < 1.29 is 13.2 Å². The highest BCUT2D eigenvalue weighted by atomic mass is 32.2. The third kappa shape index (κ3) is 2.56. The zero-order valence-corrected chi connectivity index (χ0v) is 11.1. The van der Waals surface area contributed by atoms with Gasteiger partial charge in [-0.25, -0.2) is 8.42 Å². The van der Waals surface area contributed by atoms with E-state index in [0.717, 1.165) is 6.42 Å². The van der Waals surface area contributed by atoms with Crippen LogP contribution in [0, 0.1) is 0 Å². The first-order valence-electron chi connectivity index (χ1n) is 5.83. The number of aromatic nitrogens is 2. The third-order valence-electron chi connectivity index (χ3n) is 3.05. The maximum Gasteiger partial charge on any atom is 0.246 e. The number of hydrogen-bond acceptors (Lipinski definition) is 5. The summed E-state index contributed by atoms with van der Waals surface area (Å²) in [6.07, 6.45) is 3.60. The summed E-state index contributed by atoms with van der Waals surface area (Å²) in [5.74, 6) is 0. The fraction of sp³-hybridized carbons (Fsp3) is 0.700. The summed E-state index contributed by atoms with van der Waals surface area (Å²) in [6, 6.07) is 0. The van der Waals surface area contributed by atoms with Crippen molar-refractivity contribution in [3.63, 3.8) is 0 Å². The number of rotatable bonds is 5. The van der Waals surface area contributed by atoms with Crippen molar-refractivity contribution in [2.24, 2.45) is 5.73 Å². The molecule has 1 aliphatic rings. The molecule has 0 bridgehead atoms. The van der Waals surface area contributed by atoms with E-state index in [0.29, 0.717) is 26.2 Å². The molecular formula is C10H18N4O3S. The topological polar surface area (TPSA) is 90.5 Å². The summed E-state index contributed by atoms with van der Waals surface area (Å²) in [4.78, 5) is 0.215. The van der Waals surface area contributed by atoms with E-state index in [9.17, 15) is 8.42 Å². The molecule has 1 unspecified atom stereocenters. The highest BCUT2D eigenvalue weighted by Gasteiger charge is 2.33. The predicted molar refractivity (Wildman–Crippen MR) is 65.5 cm³/mol. The first kappa shape index (κ1) is 13.5. The molecule has 1 aliphatic heterocycles. The third-order valence-corrected chi connectivity index (χ3v) is 4.86. The smallest absolute Gasteiger partial charge is 0.246 e. The van der Waals surface area contributed by atoms with Crippen molar-refractivity contribution in [2.45, 2.75) is 24.0 Å². The van der Waals surface area contributed by atoms with Gasteiger partial charge in [0.2, 0.25) is 10.0 Å². The van der Waals surface area contributed by atoms with Crippen LogP contribution < -0.4 is 5.73 Å². The van der Waals surface area contributed by atoms with E-state index in [2.05, 4.69) is 5.10 Å². The lowest BCUT2D eigenvalue weighted by atomic mass is 10.3. The van der Waals surface area contributed by atoms with E-state index < -0.39 is 10.0 Å². The van der Waals surface area contributed by atoms with E-state index in [-0.39, 0.29) is 11.0 Å². The molecular weight excluding hydrogens is 256 g/mol. The Balaban J connectivity index is 2.15. The molecule has 1 aromatic rings. The lowest BCUT2D eigenvalue weighted by molar-refractivity contribution is 0.115. The number of nitrogens with two attached hydrogens (primary N) is 1. The van der Waals surface area contributed by atoms with Gasteiger partial charge in [-0.05, 0) is 6.42 Å². The van der Waals surface area contributed by atoms with Crippen LogP contribution in [0.3, 0.4) is 0 Å². The molecule has 2 N–H and O–H groups in total. The SMILES string of the molecule is COC1CCN(S(=O)(=O)c2cnn(CCN)c2)C1. The van der Waals surface area contributed by atoms with Crippen LogP contribution in [0.15, 0.2) is 17.3 Å². The first-order valence-corrected chi connectivity index (χ1v) is 7.27. The van der Waals surface area contributed by atoms with E-state index in [4.69, 9.17) is 10.5 Å². The Morgan fingerprint density at radius 1 is 1.61 bits per heavy atom. The molecule has 2 rings (SSSR count). The Bertz CT molecular complexity index is 499. The second-order valence-corrected chi connectivity index (χ2v) is 6.18. The number of nitrogens with zero attached hydrogens (tertiary/aromatic N) is 3. The lowest BCUT2D eigenvalue weighted by Crippen LogP contribution is -2.29. The predicted octanol–water partition coefficient (Wildman–Crippen LogP) is -0.749. The molecule has 0 amide bonds. The molecule has 7 nitrogen and oxygen atoms in total. The molecule has 8 heteroatoms. The summed E-state index contributed by atoms with van der Waals surface area (Å²) in [6.45, 7) is 1.83. The Labute approximate surface area is 107 Å². The highest BCUT2D eigenvalue weighted by Crippen LogP contribution is 2.21. The Morgan fingerprint density at radius 2 is 2.39 bits per heavy atom. The zero-order chi connectivity index (χ0) is 13.2.